The van der Waals surface area contributed by atoms with Gasteiger partial charge in [0.15, 0.2) is 5.49 Å². The van der Waals surface area contributed by atoms with Gasteiger partial charge in [0.1, 0.15) is 0 Å². The van der Waals surface area contributed by atoms with Crippen LogP contribution in [0.3, 0.4) is 0 Å². The molecule has 0 saturated carbocycles. The predicted molar refractivity (Wildman–Crippen MR) is 146 cm³/mol. The molecule has 0 unspecified atom stereocenters. The second-order valence-corrected chi connectivity index (χ2v) is 10.7. The number of fused-ring (bicyclic) bond motifs is 1. The number of nitrogen functional groups attached to an aromatic ring is 1. The molecule has 0 atom stereocenters. The van der Waals surface area contributed by atoms with Crippen LogP contribution in [0.25, 0.3) is 22.2 Å². The maximum absolute atomic E-state index is 12.8. The summed E-state index contributed by atoms with van der Waals surface area (Å²) in [6, 6.07) is 8.87. The van der Waals surface area contributed by atoms with Crippen molar-refractivity contribution < 1.29 is 9.53 Å². The zero-order valence-corrected chi connectivity index (χ0v) is 22.2. The standard InChI is InChI=1S/C28H39N7O2/c1-18(2)26-23-15-21(20-6-8-34(9-7-20)25(36)17-33-10-12-37-13-11-33)4-5-24(23)31-27(26)22-14-19(3)28(32-29)35(30)16-22/h4-5,14-16,18,20,31H,6-13,17,29-30H2,1-3H3/b32-28-. The fraction of sp³-hybridized carbons (Fsp3) is 0.500. The van der Waals surface area contributed by atoms with Gasteiger partial charge in [0.05, 0.1) is 25.5 Å². The summed E-state index contributed by atoms with van der Waals surface area (Å²) >= 11 is 0. The van der Waals surface area contributed by atoms with Crippen molar-refractivity contribution in [2.24, 2.45) is 10.9 Å². The number of ether oxygens (including phenoxy) is 1. The Hall–Kier alpha value is -3.30. The van der Waals surface area contributed by atoms with Gasteiger partial charge in [-0.1, -0.05) is 19.9 Å². The second kappa shape index (κ2) is 10.6. The monoisotopic (exact) mass is 505 g/mol. The Balaban J connectivity index is 1.37. The third kappa shape index (κ3) is 5.10. The van der Waals surface area contributed by atoms with Gasteiger partial charge in [0.2, 0.25) is 5.91 Å². The van der Waals surface area contributed by atoms with Crippen LogP contribution < -0.4 is 17.2 Å². The van der Waals surface area contributed by atoms with Crippen LogP contribution in [0.15, 0.2) is 35.6 Å². The molecule has 1 aromatic carbocycles. The summed E-state index contributed by atoms with van der Waals surface area (Å²) < 4.78 is 6.89. The average Bonchev–Trinajstić information content (AvgIpc) is 3.28. The minimum absolute atomic E-state index is 0.245. The van der Waals surface area contributed by atoms with Crippen molar-refractivity contribution in [1.29, 1.82) is 0 Å². The molecule has 0 radical (unpaired) electrons. The summed E-state index contributed by atoms with van der Waals surface area (Å²) in [6.45, 7) is 11.7. The Bertz CT molecular complexity index is 1320. The highest BCUT2D eigenvalue weighted by Crippen LogP contribution is 2.38. The Morgan fingerprint density at radius 1 is 1.16 bits per heavy atom. The molecule has 5 N–H and O–H groups in total. The molecule has 0 bridgehead atoms. The molecule has 198 valence electrons. The van der Waals surface area contributed by atoms with Crippen molar-refractivity contribution in [3.63, 3.8) is 0 Å². The van der Waals surface area contributed by atoms with Crippen LogP contribution in [-0.4, -0.2) is 71.3 Å². The number of benzene rings is 1. The van der Waals surface area contributed by atoms with Gasteiger partial charge in [-0.3, -0.25) is 14.4 Å². The first kappa shape index (κ1) is 25.4. The quantitative estimate of drug-likeness (QED) is 0.364. The summed E-state index contributed by atoms with van der Waals surface area (Å²) in [5, 5.41) is 5.06. The summed E-state index contributed by atoms with van der Waals surface area (Å²) in [5.74, 6) is 12.7. The number of aryl methyl sites for hydroxylation is 1. The fourth-order valence-corrected chi connectivity index (χ4v) is 5.88. The number of nitrogens with zero attached hydrogens (tertiary/aromatic N) is 4. The zero-order chi connectivity index (χ0) is 26.1. The average molecular weight is 506 g/mol. The molecule has 2 fully saturated rings. The van der Waals surface area contributed by atoms with Gasteiger partial charge in [-0.2, -0.15) is 5.10 Å². The maximum atomic E-state index is 12.8. The van der Waals surface area contributed by atoms with Crippen LogP contribution in [0.5, 0.6) is 0 Å². The van der Waals surface area contributed by atoms with Gasteiger partial charge < -0.3 is 26.3 Å². The predicted octanol–water partition coefficient (Wildman–Crippen LogP) is 2.59. The smallest absolute Gasteiger partial charge is 0.236 e. The maximum Gasteiger partial charge on any atom is 0.236 e. The van der Waals surface area contributed by atoms with E-state index in [1.54, 1.807) is 0 Å². The molecule has 1 amide bonds. The summed E-state index contributed by atoms with van der Waals surface area (Å²) in [7, 11) is 0. The Labute approximate surface area is 218 Å². The van der Waals surface area contributed by atoms with Gasteiger partial charge in [-0.15, -0.1) is 0 Å². The number of carbonyl (C=O) groups excluding carboxylic acids is 1. The lowest BCUT2D eigenvalue weighted by atomic mass is 9.87. The first-order valence-electron chi connectivity index (χ1n) is 13.3. The first-order valence-corrected chi connectivity index (χ1v) is 13.3. The molecule has 9 heteroatoms. The van der Waals surface area contributed by atoms with Crippen molar-refractivity contribution >= 4 is 16.8 Å². The van der Waals surface area contributed by atoms with Crippen molar-refractivity contribution in [2.75, 3.05) is 51.8 Å². The number of pyridine rings is 1. The molecule has 0 aliphatic carbocycles. The highest BCUT2D eigenvalue weighted by molar-refractivity contribution is 5.92. The SMILES string of the molecule is Cc1cc(-c2[nH]c3ccc(C4CCN(C(=O)CN5CCOCC5)CC4)cc3c2C(C)C)cn(N)/c1=N\N. The lowest BCUT2D eigenvalue weighted by molar-refractivity contribution is -0.134. The molecule has 2 aromatic heterocycles. The molecular formula is C28H39N7O2. The van der Waals surface area contributed by atoms with E-state index in [9.17, 15) is 4.79 Å². The molecule has 5 rings (SSSR count). The lowest BCUT2D eigenvalue weighted by Crippen LogP contribution is -2.46. The van der Waals surface area contributed by atoms with E-state index < -0.39 is 0 Å². The van der Waals surface area contributed by atoms with Gasteiger partial charge in [-0.05, 0) is 66.5 Å². The summed E-state index contributed by atoms with van der Waals surface area (Å²) in [6.07, 6.45) is 3.86. The number of hydrogen-bond acceptors (Lipinski definition) is 6. The number of rotatable bonds is 5. The third-order valence-electron chi connectivity index (χ3n) is 7.88. The normalized spacial score (nSPS) is 18.3. The molecule has 37 heavy (non-hydrogen) atoms. The van der Waals surface area contributed by atoms with Crippen LogP contribution in [0.1, 0.15) is 55.2 Å². The number of piperidine rings is 1. The van der Waals surface area contributed by atoms with E-state index in [2.05, 4.69) is 53.1 Å². The number of hydrogen-bond donors (Lipinski definition) is 3. The van der Waals surface area contributed by atoms with Crippen molar-refractivity contribution in [1.82, 2.24) is 19.5 Å². The van der Waals surface area contributed by atoms with Crippen LogP contribution in [0.4, 0.5) is 0 Å². The highest BCUT2D eigenvalue weighted by atomic mass is 16.5. The molecular weight excluding hydrogens is 466 g/mol. The molecule has 0 spiro atoms. The molecule has 2 aliphatic rings. The number of likely N-dealkylation sites (tertiary alicyclic amines) is 1. The van der Waals surface area contributed by atoms with E-state index in [1.165, 1.54) is 21.2 Å². The number of H-pyrrole nitrogens is 1. The zero-order valence-electron chi connectivity index (χ0n) is 22.2. The minimum Gasteiger partial charge on any atom is -0.379 e. The Morgan fingerprint density at radius 3 is 2.54 bits per heavy atom. The van der Waals surface area contributed by atoms with E-state index in [1.807, 2.05) is 18.0 Å². The van der Waals surface area contributed by atoms with Crippen molar-refractivity contribution in [2.45, 2.75) is 45.4 Å². The van der Waals surface area contributed by atoms with Crippen LogP contribution in [0, 0.1) is 6.92 Å². The second-order valence-electron chi connectivity index (χ2n) is 10.7. The molecule has 2 saturated heterocycles. The van der Waals surface area contributed by atoms with E-state index in [4.69, 9.17) is 16.4 Å². The van der Waals surface area contributed by atoms with Gasteiger partial charge in [-0.25, -0.2) is 0 Å². The Kier molecular flexibility index (Phi) is 7.26. The fourth-order valence-electron chi connectivity index (χ4n) is 5.88. The van der Waals surface area contributed by atoms with Crippen LogP contribution in [0.2, 0.25) is 0 Å². The number of nitrogens with one attached hydrogen (secondary N) is 1. The Morgan fingerprint density at radius 2 is 1.89 bits per heavy atom. The topological polar surface area (TPSA) is 118 Å². The summed E-state index contributed by atoms with van der Waals surface area (Å²) in [4.78, 5) is 20.7. The first-order chi connectivity index (χ1) is 17.9. The van der Waals surface area contributed by atoms with E-state index >= 15 is 0 Å². The van der Waals surface area contributed by atoms with Gasteiger partial charge in [0.25, 0.3) is 0 Å². The highest BCUT2D eigenvalue weighted by Gasteiger charge is 2.26. The molecule has 4 heterocycles. The number of aromatic amines is 1. The van der Waals surface area contributed by atoms with Crippen molar-refractivity contribution in [3.8, 4) is 11.3 Å². The minimum atomic E-state index is 0.245. The van der Waals surface area contributed by atoms with E-state index in [0.717, 1.165) is 74.6 Å². The third-order valence-corrected chi connectivity index (χ3v) is 7.88. The largest absolute Gasteiger partial charge is 0.379 e. The van der Waals surface area contributed by atoms with Crippen LogP contribution in [-0.2, 0) is 9.53 Å². The van der Waals surface area contributed by atoms with Gasteiger partial charge >= 0.3 is 0 Å². The van der Waals surface area contributed by atoms with Crippen molar-refractivity contribution in [3.05, 3.63) is 52.6 Å². The molecule has 9 nitrogen and oxygen atoms in total. The number of carbonyl (C=O) groups is 1. The number of amides is 1. The van der Waals surface area contributed by atoms with E-state index in [-0.39, 0.29) is 5.91 Å². The van der Waals surface area contributed by atoms with Crippen LogP contribution >= 0.6 is 0 Å². The lowest BCUT2D eigenvalue weighted by Gasteiger charge is -2.34. The summed E-state index contributed by atoms with van der Waals surface area (Å²) in [5.41, 5.74) is 7.33. The molecule has 3 aromatic rings. The van der Waals surface area contributed by atoms with Gasteiger partial charge in [0, 0.05) is 48.8 Å². The number of aromatic nitrogens is 2. The molecule has 2 aliphatic heterocycles. The number of morpholine rings is 1. The number of nitrogens with two attached hydrogens (primary N) is 2. The van der Waals surface area contributed by atoms with E-state index in [0.29, 0.717) is 23.9 Å².